The van der Waals surface area contributed by atoms with Crippen LogP contribution in [0.2, 0.25) is 10.0 Å². The van der Waals surface area contributed by atoms with E-state index in [4.69, 9.17) is 42.6 Å². The molecule has 0 N–H and O–H groups in total. The molecule has 39 heavy (non-hydrogen) atoms. The molecule has 2 heterocycles. The van der Waals surface area contributed by atoms with Gasteiger partial charge in [0.05, 0.1) is 5.02 Å². The number of hydrogen-bond donors (Lipinski definition) is 0. The summed E-state index contributed by atoms with van der Waals surface area (Å²) in [6.07, 6.45) is 0. The minimum Gasteiger partial charge on any atom is -0.454 e. The van der Waals surface area contributed by atoms with Gasteiger partial charge in [-0.15, -0.1) is 0 Å². The second-order valence-electron chi connectivity index (χ2n) is 9.16. The molecule has 0 amide bonds. The number of aromatic nitrogens is 3. The van der Waals surface area contributed by atoms with Crippen molar-refractivity contribution in [2.45, 2.75) is 0 Å². The zero-order chi connectivity index (χ0) is 26.3. The third-order valence-electron chi connectivity index (χ3n) is 6.65. The Morgan fingerprint density at radius 3 is 1.90 bits per heavy atom. The fourth-order valence-corrected chi connectivity index (χ4v) is 5.38. The highest BCUT2D eigenvalue weighted by Gasteiger charge is 2.19. The topological polar surface area (TPSA) is 51.8 Å². The third-order valence-corrected chi connectivity index (χ3v) is 7.15. The molecule has 0 saturated carbocycles. The highest BCUT2D eigenvalue weighted by molar-refractivity contribution is 6.39. The Bertz CT molecular complexity index is 1990. The molecule has 0 spiro atoms. The maximum Gasteiger partial charge on any atom is 0.164 e. The number of benzene rings is 5. The molecule has 0 saturated heterocycles. The Hall–Kier alpha value is -4.51. The van der Waals surface area contributed by atoms with Crippen molar-refractivity contribution < 1.29 is 4.42 Å². The second kappa shape index (κ2) is 9.66. The first-order valence-corrected chi connectivity index (χ1v) is 13.2. The van der Waals surface area contributed by atoms with Gasteiger partial charge in [-0.2, -0.15) is 0 Å². The summed E-state index contributed by atoms with van der Waals surface area (Å²) in [5.74, 6) is 1.70. The first-order chi connectivity index (χ1) is 19.1. The van der Waals surface area contributed by atoms with Crippen molar-refractivity contribution in [2.75, 3.05) is 0 Å². The second-order valence-corrected chi connectivity index (χ2v) is 10.0. The predicted octanol–water partition coefficient (Wildman–Crippen LogP) is 9.75. The maximum atomic E-state index is 6.49. The summed E-state index contributed by atoms with van der Waals surface area (Å²) < 4.78 is 6.13. The molecule has 0 radical (unpaired) electrons. The Kier molecular flexibility index (Phi) is 5.85. The van der Waals surface area contributed by atoms with Crippen LogP contribution in [0, 0.1) is 0 Å². The van der Waals surface area contributed by atoms with Gasteiger partial charge in [0, 0.05) is 32.5 Å². The lowest BCUT2D eigenvalue weighted by Gasteiger charge is -2.10. The molecule has 186 valence electrons. The first kappa shape index (κ1) is 23.6. The van der Waals surface area contributed by atoms with Crippen LogP contribution in [0.25, 0.3) is 67.2 Å². The van der Waals surface area contributed by atoms with E-state index < -0.39 is 0 Å². The van der Waals surface area contributed by atoms with Gasteiger partial charge in [-0.25, -0.2) is 15.0 Å². The number of halogens is 2. The summed E-state index contributed by atoms with van der Waals surface area (Å²) in [5, 5.41) is 2.65. The number of rotatable bonds is 4. The Balaban J connectivity index is 1.48. The SMILES string of the molecule is Clc1cc(Cl)c2oc3cccc(-c4nc(-c5ccccc5)nc(-c5cccc(-c6ccccc6)c5)n4)c3c2c1. The predicted molar refractivity (Wildman–Crippen MR) is 159 cm³/mol. The smallest absolute Gasteiger partial charge is 0.164 e. The molecule has 0 bridgehead atoms. The van der Waals surface area contributed by atoms with E-state index in [0.717, 1.165) is 38.6 Å². The van der Waals surface area contributed by atoms with Crippen LogP contribution >= 0.6 is 23.2 Å². The van der Waals surface area contributed by atoms with Crippen molar-refractivity contribution >= 4 is 45.1 Å². The fourth-order valence-electron chi connectivity index (χ4n) is 4.85. The van der Waals surface area contributed by atoms with Gasteiger partial charge in [0.1, 0.15) is 5.58 Å². The average molecular weight is 544 g/mol. The van der Waals surface area contributed by atoms with Crippen LogP contribution in [0.1, 0.15) is 0 Å². The van der Waals surface area contributed by atoms with Crippen LogP contribution in [0.15, 0.2) is 120 Å². The minimum absolute atomic E-state index is 0.457. The molecule has 0 aliphatic heterocycles. The van der Waals surface area contributed by atoms with Gasteiger partial charge >= 0.3 is 0 Å². The van der Waals surface area contributed by atoms with Crippen molar-refractivity contribution in [2.24, 2.45) is 0 Å². The minimum atomic E-state index is 0.457. The van der Waals surface area contributed by atoms with Crippen LogP contribution in [0.5, 0.6) is 0 Å². The molecule has 0 unspecified atom stereocenters. The Morgan fingerprint density at radius 1 is 0.513 bits per heavy atom. The van der Waals surface area contributed by atoms with Crippen LogP contribution in [0.3, 0.4) is 0 Å². The van der Waals surface area contributed by atoms with Gasteiger partial charge in [-0.1, -0.05) is 114 Å². The Labute approximate surface area is 234 Å². The van der Waals surface area contributed by atoms with Crippen molar-refractivity contribution in [1.29, 1.82) is 0 Å². The standard InChI is InChI=1S/C33H19Cl2N3O/c34-24-18-26-29-25(15-8-16-28(29)39-30(26)27(35)19-24)33-37-31(21-11-5-2-6-12-21)36-32(38-33)23-14-7-13-22(17-23)20-9-3-1-4-10-20/h1-19H. The van der Waals surface area contributed by atoms with Gasteiger partial charge in [-0.05, 0) is 35.4 Å². The summed E-state index contributed by atoms with van der Waals surface area (Å²) >= 11 is 12.9. The molecule has 5 aromatic carbocycles. The van der Waals surface area contributed by atoms with Crippen LogP contribution < -0.4 is 0 Å². The summed E-state index contributed by atoms with van der Waals surface area (Å²) in [5.41, 5.74) is 6.08. The number of nitrogens with zero attached hydrogens (tertiary/aromatic N) is 3. The Morgan fingerprint density at radius 2 is 1.13 bits per heavy atom. The highest BCUT2D eigenvalue weighted by atomic mass is 35.5. The zero-order valence-electron chi connectivity index (χ0n) is 20.5. The van der Waals surface area contributed by atoms with Gasteiger partial charge in [-0.3, -0.25) is 0 Å². The molecule has 0 aliphatic carbocycles. The van der Waals surface area contributed by atoms with Crippen LogP contribution in [-0.4, -0.2) is 15.0 Å². The lowest BCUT2D eigenvalue weighted by molar-refractivity contribution is 0.669. The van der Waals surface area contributed by atoms with E-state index in [1.165, 1.54) is 0 Å². The number of hydrogen-bond acceptors (Lipinski definition) is 4. The lowest BCUT2D eigenvalue weighted by Crippen LogP contribution is -2.00. The van der Waals surface area contributed by atoms with Crippen LogP contribution in [0.4, 0.5) is 0 Å². The van der Waals surface area contributed by atoms with Gasteiger partial charge in [0.15, 0.2) is 23.1 Å². The largest absolute Gasteiger partial charge is 0.454 e. The van der Waals surface area contributed by atoms with Crippen molar-refractivity contribution in [3.8, 4) is 45.3 Å². The molecule has 2 aromatic heterocycles. The van der Waals surface area contributed by atoms with Crippen LogP contribution in [-0.2, 0) is 0 Å². The lowest BCUT2D eigenvalue weighted by atomic mass is 10.0. The van der Waals surface area contributed by atoms with Gasteiger partial charge in [0.25, 0.3) is 0 Å². The summed E-state index contributed by atoms with van der Waals surface area (Å²) in [6.45, 7) is 0. The summed E-state index contributed by atoms with van der Waals surface area (Å²) in [7, 11) is 0. The zero-order valence-corrected chi connectivity index (χ0v) is 22.0. The molecule has 7 aromatic rings. The molecular weight excluding hydrogens is 525 g/mol. The summed E-state index contributed by atoms with van der Waals surface area (Å²) in [6, 6.07) is 37.8. The molecule has 6 heteroatoms. The third kappa shape index (κ3) is 4.34. The molecule has 7 rings (SSSR count). The molecule has 0 atom stereocenters. The molecule has 0 fully saturated rings. The normalized spacial score (nSPS) is 11.3. The van der Waals surface area contributed by atoms with E-state index >= 15 is 0 Å². The molecule has 0 aliphatic rings. The quantitative estimate of drug-likeness (QED) is 0.221. The van der Waals surface area contributed by atoms with Gasteiger partial charge in [0.2, 0.25) is 0 Å². The fraction of sp³-hybridized carbons (Fsp3) is 0. The van der Waals surface area contributed by atoms with E-state index in [-0.39, 0.29) is 0 Å². The van der Waals surface area contributed by atoms with Crippen molar-refractivity contribution in [3.05, 3.63) is 125 Å². The highest BCUT2D eigenvalue weighted by Crippen LogP contribution is 2.40. The van der Waals surface area contributed by atoms with Crippen molar-refractivity contribution in [3.63, 3.8) is 0 Å². The van der Waals surface area contributed by atoms with E-state index in [1.54, 1.807) is 6.07 Å². The summed E-state index contributed by atoms with van der Waals surface area (Å²) in [4.78, 5) is 14.8. The van der Waals surface area contributed by atoms with E-state index in [1.807, 2.05) is 84.9 Å². The van der Waals surface area contributed by atoms with Crippen molar-refractivity contribution in [1.82, 2.24) is 15.0 Å². The first-order valence-electron chi connectivity index (χ1n) is 12.4. The van der Waals surface area contributed by atoms with E-state index in [2.05, 4.69) is 24.3 Å². The molecule has 4 nitrogen and oxygen atoms in total. The molecular formula is C33H19Cl2N3O. The number of fused-ring (bicyclic) bond motifs is 3. The van der Waals surface area contributed by atoms with E-state index in [9.17, 15) is 0 Å². The average Bonchev–Trinajstić information content (AvgIpc) is 3.37. The van der Waals surface area contributed by atoms with E-state index in [0.29, 0.717) is 38.7 Å². The maximum absolute atomic E-state index is 6.49. The monoisotopic (exact) mass is 543 g/mol. The number of furan rings is 1. The van der Waals surface area contributed by atoms with Gasteiger partial charge < -0.3 is 4.42 Å².